The second-order valence-electron chi connectivity index (χ2n) is 8.27. The van der Waals surface area contributed by atoms with Crippen LogP contribution in [0.3, 0.4) is 0 Å². The summed E-state index contributed by atoms with van der Waals surface area (Å²) >= 11 is 0. The van der Waals surface area contributed by atoms with E-state index in [-0.39, 0.29) is 112 Å². The second kappa shape index (κ2) is 17.1. The summed E-state index contributed by atoms with van der Waals surface area (Å²) in [5.41, 5.74) is -1.16. The summed E-state index contributed by atoms with van der Waals surface area (Å²) < 4.78 is 21.8. The number of imidazole rings is 1. The first-order chi connectivity index (χ1) is 17.7. The van der Waals surface area contributed by atoms with Crippen molar-refractivity contribution in [2.45, 2.75) is 56.4 Å². The van der Waals surface area contributed by atoms with Crippen molar-refractivity contribution < 1.29 is 147 Å². The number of hydrogen-bond acceptors (Lipinski definition) is 12. The van der Waals surface area contributed by atoms with Gasteiger partial charge in [0.15, 0.2) is 17.4 Å². The Morgan fingerprint density at radius 2 is 1.83 bits per heavy atom. The number of phosphoric acid groups is 1. The van der Waals surface area contributed by atoms with Gasteiger partial charge in [-0.1, -0.05) is 0 Å². The van der Waals surface area contributed by atoms with Gasteiger partial charge in [-0.3, -0.25) is 28.5 Å². The smallest absolute Gasteiger partial charge is 0.481 e. The molecule has 2 aromatic rings. The molecule has 2 aromatic heterocycles. The summed E-state index contributed by atoms with van der Waals surface area (Å²) in [6.45, 7) is 0.557. The number of carbonyl (C=O) groups is 3. The third-order valence-corrected chi connectivity index (χ3v) is 5.94. The van der Waals surface area contributed by atoms with Crippen LogP contribution < -0.4 is 105 Å². The number of carboxylic acids is 2. The number of ether oxygens (including phenoxy) is 1. The van der Waals surface area contributed by atoms with Gasteiger partial charge in [0.05, 0.1) is 12.9 Å². The van der Waals surface area contributed by atoms with E-state index < -0.39 is 80.9 Å². The molecule has 3 heterocycles. The molecule has 41 heavy (non-hydrogen) atoms. The predicted molar refractivity (Wildman–Crippen MR) is 122 cm³/mol. The van der Waals surface area contributed by atoms with Gasteiger partial charge < -0.3 is 45.6 Å². The van der Waals surface area contributed by atoms with Crippen LogP contribution in [0.25, 0.3) is 11.2 Å². The number of hydrogen-bond donors (Lipinski definition) is 9. The van der Waals surface area contributed by atoms with Crippen LogP contribution in [0.5, 0.6) is 0 Å². The van der Waals surface area contributed by atoms with Crippen LogP contribution >= 0.6 is 7.82 Å². The molecular weight excluding hydrogens is 608 g/mol. The molecule has 1 saturated heterocycles. The molecule has 1 amide bonds. The van der Waals surface area contributed by atoms with Gasteiger partial charge in [-0.15, -0.1) is 0 Å². The first-order valence-corrected chi connectivity index (χ1v) is 12.4. The van der Waals surface area contributed by atoms with Crippen LogP contribution in [0.15, 0.2) is 11.1 Å². The zero-order chi connectivity index (χ0) is 28.4. The monoisotopic (exact) mass is 633 g/mol. The minimum atomic E-state index is -4.89. The number of aliphatic carboxylic acids is 2. The molecule has 0 saturated carbocycles. The number of aliphatic hydroxyl groups excluding tert-OH is 2. The van der Waals surface area contributed by atoms with Gasteiger partial charge in [0.25, 0.3) is 5.56 Å². The number of nitrogens with one attached hydrogen (secondary N) is 3. The van der Waals surface area contributed by atoms with Gasteiger partial charge in [-0.25, -0.2) is 14.3 Å². The molecule has 0 unspecified atom stereocenters. The maximum absolute atomic E-state index is 12.5. The molecule has 210 valence electrons. The van der Waals surface area contributed by atoms with E-state index in [1.165, 1.54) is 6.92 Å². The second-order valence-corrected chi connectivity index (χ2v) is 9.51. The Hall–Kier alpha value is -0.450. The fourth-order valence-corrected chi connectivity index (χ4v) is 3.88. The third kappa shape index (κ3) is 10.9. The molecule has 1 aliphatic rings. The van der Waals surface area contributed by atoms with Crippen molar-refractivity contribution in [3.63, 3.8) is 0 Å². The Morgan fingerprint density at radius 3 is 2.39 bits per heavy atom. The van der Waals surface area contributed by atoms with E-state index in [2.05, 4.69) is 30.1 Å². The number of H-pyrrole nitrogens is 1. The molecule has 19 nitrogen and oxygen atoms in total. The molecule has 0 aromatic carbocycles. The van der Waals surface area contributed by atoms with Crippen LogP contribution in [0.2, 0.25) is 0 Å². The van der Waals surface area contributed by atoms with Gasteiger partial charge in [-0.2, -0.15) is 4.98 Å². The van der Waals surface area contributed by atoms with Crippen LogP contribution in [0.1, 0.15) is 26.0 Å². The van der Waals surface area contributed by atoms with E-state index in [1.54, 1.807) is 0 Å². The number of nitrogens with zero attached hydrogens (tertiary/aromatic N) is 3. The predicted octanol–water partition coefficient (Wildman–Crippen LogP) is -11.9. The van der Waals surface area contributed by atoms with E-state index in [4.69, 9.17) is 19.6 Å². The van der Waals surface area contributed by atoms with E-state index >= 15 is 0 Å². The molecule has 0 spiro atoms. The van der Waals surface area contributed by atoms with E-state index in [0.717, 1.165) is 10.9 Å². The maximum atomic E-state index is 12.5. The van der Waals surface area contributed by atoms with Crippen molar-refractivity contribution in [2.24, 2.45) is 0 Å². The molecule has 1 aliphatic heterocycles. The quantitative estimate of drug-likeness (QED) is 0.0774. The Kier molecular flexibility index (Phi) is 17.0. The number of aromatic amines is 1. The number of amides is 1. The van der Waals surface area contributed by atoms with E-state index in [0.29, 0.717) is 0 Å². The Bertz CT molecular complexity index is 1320. The van der Waals surface area contributed by atoms with Crippen LogP contribution in [0.4, 0.5) is 5.95 Å². The van der Waals surface area contributed by atoms with Crippen molar-refractivity contribution in [3.05, 3.63) is 16.7 Å². The number of rotatable bonds is 12. The summed E-state index contributed by atoms with van der Waals surface area (Å²) in [7, 11) is -4.89. The first-order valence-electron chi connectivity index (χ1n) is 10.9. The number of fused-ring (bicyclic) bond motifs is 1. The summed E-state index contributed by atoms with van der Waals surface area (Å²) in [6.07, 6.45) is -5.81. The van der Waals surface area contributed by atoms with Crippen molar-refractivity contribution in [3.8, 4) is 0 Å². The molecule has 0 aliphatic carbocycles. The number of anilines is 1. The maximum Gasteiger partial charge on any atom is 1.00 e. The third-order valence-electron chi connectivity index (χ3n) is 5.46. The number of carbonyl (C=O) groups excluding carboxylic acids is 1. The molecule has 0 radical (unpaired) electrons. The number of aromatic nitrogens is 4. The van der Waals surface area contributed by atoms with Gasteiger partial charge >= 0.3 is 108 Å². The Morgan fingerprint density at radius 1 is 1.20 bits per heavy atom. The van der Waals surface area contributed by atoms with Gasteiger partial charge in [0.1, 0.15) is 30.4 Å². The number of phosphoric ester groups is 1. The number of aliphatic hydroxyl groups is 2. The summed E-state index contributed by atoms with van der Waals surface area (Å²) in [6, 6.07) is -2.64. The summed E-state index contributed by atoms with van der Waals surface area (Å²) in [5.74, 6) is -3.79. The summed E-state index contributed by atoms with van der Waals surface area (Å²) in [4.78, 5) is 75.1. The van der Waals surface area contributed by atoms with Crippen LogP contribution in [0, 0.1) is 0 Å². The topological polar surface area (TPSA) is 296 Å². The van der Waals surface area contributed by atoms with Crippen LogP contribution in [-0.2, 0) is 28.2 Å². The molecule has 0 bridgehead atoms. The first kappa shape index (κ1) is 40.5. The Labute approximate surface area is 296 Å². The van der Waals surface area contributed by atoms with Crippen molar-refractivity contribution in [1.29, 1.82) is 0 Å². The van der Waals surface area contributed by atoms with Gasteiger partial charge in [0, 0.05) is 6.42 Å². The molecular formula is C18H25N6Na3O13P+3. The van der Waals surface area contributed by atoms with Gasteiger partial charge in [0.2, 0.25) is 11.9 Å². The van der Waals surface area contributed by atoms with E-state index in [1.807, 2.05) is 0 Å². The minimum absolute atomic E-state index is 0. The normalized spacial score (nSPS) is 21.5. The molecule has 23 heteroatoms. The van der Waals surface area contributed by atoms with E-state index in [9.17, 15) is 39.1 Å². The SMILES string of the molecule is C[C@@H](Nc1nc2c(ncn2[C@@H]2O[C@H](COP(=O)(O)O)[C@@H](O)[C@H]2O)c(=O)[nH]1)C(=O)N[C@@H](CCC(=O)O)C(=O)O.[Na+].[Na+].[Na+]. The standard InChI is InChI=1S/C18H25N6O13P.3Na/c1-6(14(29)21-7(17(31)32)2-3-9(25)26)20-18-22-13-10(15(30)23-18)19-5-24(13)16-12(28)11(27)8(37-16)4-36-38(33,34)35;;;/h5-8,11-12,16,27-28H,2-4H2,1H3,(H,21,29)(H,25,26)(H,31,32)(H2,33,34,35)(H2,20,22,23,30);;;/q;3*+1/t6-,7+,8-,11-,12-,16-;;;/m1.../s1. The zero-order valence-electron chi connectivity index (χ0n) is 22.5. The minimum Gasteiger partial charge on any atom is -0.481 e. The molecule has 1 fully saturated rings. The Balaban J connectivity index is 0.00000533. The van der Waals surface area contributed by atoms with Crippen LogP contribution in [-0.4, -0.2) is 105 Å². The average Bonchev–Trinajstić information content (AvgIpc) is 3.35. The summed E-state index contributed by atoms with van der Waals surface area (Å²) in [5, 5.41) is 43.3. The fourth-order valence-electron chi connectivity index (χ4n) is 3.54. The van der Waals surface area contributed by atoms with Crippen molar-refractivity contribution >= 4 is 42.8 Å². The number of carboxylic acid groups (broad SMARTS) is 2. The van der Waals surface area contributed by atoms with Gasteiger partial charge in [-0.05, 0) is 13.3 Å². The van der Waals surface area contributed by atoms with Crippen molar-refractivity contribution in [2.75, 3.05) is 11.9 Å². The molecule has 6 atom stereocenters. The largest absolute Gasteiger partial charge is 1.00 e. The fraction of sp³-hybridized carbons (Fsp3) is 0.556. The van der Waals surface area contributed by atoms with Crippen molar-refractivity contribution in [1.82, 2.24) is 24.8 Å². The zero-order valence-corrected chi connectivity index (χ0v) is 29.4. The average molecular weight is 633 g/mol. The molecule has 9 N–H and O–H groups in total. The molecule has 3 rings (SSSR count).